The topological polar surface area (TPSA) is 29.3 Å². The molecule has 1 saturated carbocycles. The van der Waals surface area contributed by atoms with E-state index >= 15 is 0 Å². The second-order valence-corrected chi connectivity index (χ2v) is 7.54. The van der Waals surface area contributed by atoms with Gasteiger partial charge in [0, 0.05) is 19.1 Å². The Morgan fingerprint density at radius 1 is 1.25 bits per heavy atom. The molecule has 0 heterocycles. The Bertz CT molecular complexity index is 430. The molecular weight excluding hydrogens is 244 g/mol. The SMILES string of the molecule is CC1CC1CN(C)C(CN)c1ccc(C(C)(C)C)cc1. The van der Waals surface area contributed by atoms with E-state index in [1.165, 1.54) is 24.1 Å². The van der Waals surface area contributed by atoms with Gasteiger partial charge < -0.3 is 5.73 Å². The van der Waals surface area contributed by atoms with Crippen LogP contribution >= 0.6 is 0 Å². The first-order valence-electron chi connectivity index (χ1n) is 7.83. The lowest BCUT2D eigenvalue weighted by Gasteiger charge is -2.28. The molecule has 3 atom stereocenters. The van der Waals surface area contributed by atoms with Gasteiger partial charge in [-0.2, -0.15) is 0 Å². The summed E-state index contributed by atoms with van der Waals surface area (Å²) < 4.78 is 0. The zero-order valence-corrected chi connectivity index (χ0v) is 13.7. The van der Waals surface area contributed by atoms with Crippen LogP contribution in [-0.4, -0.2) is 25.0 Å². The van der Waals surface area contributed by atoms with Gasteiger partial charge in [0.15, 0.2) is 0 Å². The van der Waals surface area contributed by atoms with Crippen molar-refractivity contribution in [3.8, 4) is 0 Å². The Morgan fingerprint density at radius 2 is 1.80 bits per heavy atom. The highest BCUT2D eigenvalue weighted by Crippen LogP contribution is 2.39. The summed E-state index contributed by atoms with van der Waals surface area (Å²) in [4.78, 5) is 2.43. The first kappa shape index (κ1) is 15.5. The molecular formula is C18H30N2. The molecule has 0 radical (unpaired) electrons. The number of hydrogen-bond donors (Lipinski definition) is 1. The molecule has 112 valence electrons. The van der Waals surface area contributed by atoms with Crippen molar-refractivity contribution in [2.45, 2.75) is 45.6 Å². The quantitative estimate of drug-likeness (QED) is 0.889. The van der Waals surface area contributed by atoms with Crippen LogP contribution in [0.15, 0.2) is 24.3 Å². The summed E-state index contributed by atoms with van der Waals surface area (Å²) in [7, 11) is 2.21. The molecule has 1 aliphatic carbocycles. The molecule has 0 spiro atoms. The summed E-state index contributed by atoms with van der Waals surface area (Å²) in [6.07, 6.45) is 1.38. The Labute approximate surface area is 124 Å². The number of likely N-dealkylation sites (N-methyl/N-ethyl adjacent to an activating group) is 1. The maximum Gasteiger partial charge on any atom is 0.0467 e. The van der Waals surface area contributed by atoms with E-state index in [-0.39, 0.29) is 5.41 Å². The fourth-order valence-corrected chi connectivity index (χ4v) is 2.93. The lowest BCUT2D eigenvalue weighted by atomic mass is 9.86. The van der Waals surface area contributed by atoms with Crippen LogP contribution in [0.2, 0.25) is 0 Å². The largest absolute Gasteiger partial charge is 0.329 e. The molecule has 2 heteroatoms. The molecule has 2 N–H and O–H groups in total. The second-order valence-electron chi connectivity index (χ2n) is 7.54. The molecule has 0 aromatic heterocycles. The van der Waals surface area contributed by atoms with E-state index in [2.05, 4.69) is 63.9 Å². The highest BCUT2D eigenvalue weighted by molar-refractivity contribution is 5.29. The summed E-state index contributed by atoms with van der Waals surface area (Å²) in [5, 5.41) is 0. The van der Waals surface area contributed by atoms with Crippen LogP contribution in [-0.2, 0) is 5.41 Å². The van der Waals surface area contributed by atoms with E-state index in [0.717, 1.165) is 11.8 Å². The average Bonchev–Trinajstić information content (AvgIpc) is 3.05. The molecule has 0 bridgehead atoms. The van der Waals surface area contributed by atoms with Gasteiger partial charge in [-0.25, -0.2) is 0 Å². The summed E-state index contributed by atoms with van der Waals surface area (Å²) in [6.45, 7) is 11.0. The molecule has 3 unspecified atom stereocenters. The van der Waals surface area contributed by atoms with Crippen molar-refractivity contribution in [2.75, 3.05) is 20.1 Å². The molecule has 2 nitrogen and oxygen atoms in total. The molecule has 0 amide bonds. The van der Waals surface area contributed by atoms with Crippen LogP contribution in [0.1, 0.15) is 51.3 Å². The van der Waals surface area contributed by atoms with Gasteiger partial charge in [-0.3, -0.25) is 4.90 Å². The van der Waals surface area contributed by atoms with Crippen LogP contribution in [0.4, 0.5) is 0 Å². The minimum atomic E-state index is 0.214. The van der Waals surface area contributed by atoms with Gasteiger partial charge in [-0.1, -0.05) is 52.0 Å². The Hall–Kier alpha value is -0.860. The third kappa shape index (κ3) is 3.62. The Morgan fingerprint density at radius 3 is 2.20 bits per heavy atom. The lowest BCUT2D eigenvalue weighted by Crippen LogP contribution is -2.32. The predicted molar refractivity (Wildman–Crippen MR) is 86.8 cm³/mol. The third-order valence-electron chi connectivity index (χ3n) is 4.72. The van der Waals surface area contributed by atoms with Gasteiger partial charge >= 0.3 is 0 Å². The van der Waals surface area contributed by atoms with Crippen LogP contribution in [0.25, 0.3) is 0 Å². The first-order valence-corrected chi connectivity index (χ1v) is 7.83. The van der Waals surface area contributed by atoms with Gasteiger partial charge in [-0.05, 0) is 41.8 Å². The second kappa shape index (κ2) is 5.87. The number of rotatable bonds is 5. The standard InChI is InChI=1S/C18H30N2/c1-13-10-15(13)12-20(5)17(11-19)14-6-8-16(9-7-14)18(2,3)4/h6-9,13,15,17H,10-12,19H2,1-5H3. The fourth-order valence-electron chi connectivity index (χ4n) is 2.93. The van der Waals surface area contributed by atoms with Gasteiger partial charge in [0.2, 0.25) is 0 Å². The van der Waals surface area contributed by atoms with E-state index in [9.17, 15) is 0 Å². The molecule has 1 aromatic rings. The number of benzene rings is 1. The molecule has 2 rings (SSSR count). The predicted octanol–water partition coefficient (Wildman–Crippen LogP) is 3.57. The van der Waals surface area contributed by atoms with Crippen molar-refractivity contribution in [1.29, 1.82) is 0 Å². The van der Waals surface area contributed by atoms with Crippen molar-refractivity contribution in [3.05, 3.63) is 35.4 Å². The minimum absolute atomic E-state index is 0.214. The zero-order valence-electron chi connectivity index (χ0n) is 13.7. The molecule has 1 aromatic carbocycles. The van der Waals surface area contributed by atoms with Crippen LogP contribution in [0.5, 0.6) is 0 Å². The maximum atomic E-state index is 6.02. The highest BCUT2D eigenvalue weighted by Gasteiger charge is 2.34. The molecule has 0 saturated heterocycles. The lowest BCUT2D eigenvalue weighted by molar-refractivity contribution is 0.237. The normalized spacial score (nSPS) is 23.9. The van der Waals surface area contributed by atoms with E-state index in [1.54, 1.807) is 0 Å². The Balaban J connectivity index is 2.07. The number of nitrogens with two attached hydrogens (primary N) is 1. The van der Waals surface area contributed by atoms with Gasteiger partial charge in [0.25, 0.3) is 0 Å². The first-order chi connectivity index (χ1) is 9.32. The van der Waals surface area contributed by atoms with E-state index in [4.69, 9.17) is 5.73 Å². The molecule has 20 heavy (non-hydrogen) atoms. The molecule has 0 aliphatic heterocycles. The van der Waals surface area contributed by atoms with Crippen molar-refractivity contribution < 1.29 is 0 Å². The van der Waals surface area contributed by atoms with Gasteiger partial charge in [-0.15, -0.1) is 0 Å². The van der Waals surface area contributed by atoms with Crippen LogP contribution in [0.3, 0.4) is 0 Å². The van der Waals surface area contributed by atoms with Crippen molar-refractivity contribution in [3.63, 3.8) is 0 Å². The zero-order chi connectivity index (χ0) is 14.9. The van der Waals surface area contributed by atoms with Crippen molar-refractivity contribution >= 4 is 0 Å². The smallest absolute Gasteiger partial charge is 0.0467 e. The minimum Gasteiger partial charge on any atom is -0.329 e. The number of nitrogens with zero attached hydrogens (tertiary/aromatic N) is 1. The van der Waals surface area contributed by atoms with E-state index in [1.807, 2.05) is 0 Å². The van der Waals surface area contributed by atoms with Gasteiger partial charge in [0.05, 0.1) is 0 Å². The van der Waals surface area contributed by atoms with Crippen molar-refractivity contribution in [1.82, 2.24) is 4.90 Å². The average molecular weight is 274 g/mol. The van der Waals surface area contributed by atoms with Crippen LogP contribution in [0, 0.1) is 11.8 Å². The fraction of sp³-hybridized carbons (Fsp3) is 0.667. The monoisotopic (exact) mass is 274 g/mol. The van der Waals surface area contributed by atoms with Crippen molar-refractivity contribution in [2.24, 2.45) is 17.6 Å². The maximum absolute atomic E-state index is 6.02. The highest BCUT2D eigenvalue weighted by atomic mass is 15.1. The van der Waals surface area contributed by atoms with E-state index in [0.29, 0.717) is 12.6 Å². The summed E-state index contributed by atoms with van der Waals surface area (Å²) in [5.74, 6) is 1.78. The summed E-state index contributed by atoms with van der Waals surface area (Å²) in [6, 6.07) is 9.37. The molecule has 1 aliphatic rings. The Kier molecular flexibility index (Phi) is 4.55. The van der Waals surface area contributed by atoms with E-state index < -0.39 is 0 Å². The van der Waals surface area contributed by atoms with Gasteiger partial charge in [0.1, 0.15) is 0 Å². The number of hydrogen-bond acceptors (Lipinski definition) is 2. The molecule has 1 fully saturated rings. The van der Waals surface area contributed by atoms with Crippen LogP contribution < -0.4 is 5.73 Å². The summed E-state index contributed by atoms with van der Waals surface area (Å²) in [5.41, 5.74) is 8.96. The third-order valence-corrected chi connectivity index (χ3v) is 4.72. The summed E-state index contributed by atoms with van der Waals surface area (Å²) >= 11 is 0.